The van der Waals surface area contributed by atoms with E-state index < -0.39 is 40.2 Å². The Bertz CT molecular complexity index is 799. The molecule has 0 unspecified atom stereocenters. The normalized spacial score (nSPS) is 35.0. The fourth-order valence-corrected chi connectivity index (χ4v) is 7.68. The summed E-state index contributed by atoms with van der Waals surface area (Å²) in [5.41, 5.74) is -0.938. The van der Waals surface area contributed by atoms with Gasteiger partial charge in [-0.05, 0) is 65.0 Å². The maximum absolute atomic E-state index is 14.1. The first kappa shape index (κ1) is 31.3. The number of fused-ring (bicyclic) bond motifs is 1. The number of carbonyl (C=O) groups is 3. The van der Waals surface area contributed by atoms with E-state index in [1.165, 1.54) is 6.92 Å². The Labute approximate surface area is 220 Å². The monoisotopic (exact) mass is 542 g/mol. The Morgan fingerprint density at radius 1 is 0.944 bits per heavy atom. The van der Waals surface area contributed by atoms with Crippen molar-refractivity contribution in [1.29, 1.82) is 0 Å². The second kappa shape index (κ2) is 11.9. The van der Waals surface area contributed by atoms with Crippen LogP contribution in [0.25, 0.3) is 0 Å². The third kappa shape index (κ3) is 9.15. The van der Waals surface area contributed by atoms with Gasteiger partial charge in [0.25, 0.3) is 0 Å². The molecule has 2 heterocycles. The number of carbonyl (C=O) groups excluding carboxylic acids is 3. The summed E-state index contributed by atoms with van der Waals surface area (Å²) in [6, 6.07) is 0. The molecule has 2 aliphatic rings. The molecule has 0 aromatic rings. The molecular weight excluding hydrogens is 492 g/mol. The molecule has 2 saturated heterocycles. The molecule has 36 heavy (non-hydrogen) atoms. The highest BCUT2D eigenvalue weighted by Gasteiger charge is 2.47. The van der Waals surface area contributed by atoms with Crippen molar-refractivity contribution in [2.45, 2.75) is 137 Å². The minimum absolute atomic E-state index is 0.0365. The Hall–Kier alpha value is -0.876. The molecule has 7 atom stereocenters. The largest absolute Gasteiger partial charge is 0.454 e. The van der Waals surface area contributed by atoms with Crippen molar-refractivity contribution < 1.29 is 32.7 Å². The van der Waals surface area contributed by atoms with Crippen LogP contribution in [-0.4, -0.2) is 64.7 Å². The molecule has 0 spiro atoms. The van der Waals surface area contributed by atoms with E-state index in [0.717, 1.165) is 19.3 Å². The summed E-state index contributed by atoms with van der Waals surface area (Å²) < 4.78 is 24.6. The second-order valence-electron chi connectivity index (χ2n) is 13.4. The van der Waals surface area contributed by atoms with Crippen molar-refractivity contribution in [1.82, 2.24) is 0 Å². The van der Waals surface area contributed by atoms with Crippen LogP contribution in [0.3, 0.4) is 0 Å². The predicted molar refractivity (Wildman–Crippen MR) is 146 cm³/mol. The van der Waals surface area contributed by atoms with Gasteiger partial charge >= 0.3 is 5.97 Å². The summed E-state index contributed by atoms with van der Waals surface area (Å²) in [6.45, 7) is 21.9. The van der Waals surface area contributed by atoms with E-state index in [2.05, 4.69) is 26.6 Å². The number of ketones is 2. The van der Waals surface area contributed by atoms with E-state index in [0.29, 0.717) is 6.42 Å². The molecule has 208 valence electrons. The first-order valence-corrected chi connectivity index (χ1v) is 20.4. The lowest BCUT2D eigenvalue weighted by molar-refractivity contribution is -0.159. The van der Waals surface area contributed by atoms with Gasteiger partial charge < -0.3 is 18.3 Å². The van der Waals surface area contributed by atoms with Gasteiger partial charge in [-0.15, -0.1) is 0 Å². The van der Waals surface area contributed by atoms with Crippen LogP contribution in [0.15, 0.2) is 0 Å². The Kier molecular flexibility index (Phi) is 10.3. The maximum atomic E-state index is 14.1. The predicted octanol–water partition coefficient (Wildman–Crippen LogP) is 5.53. The number of Topliss-reactive ketones (excluding diaryl/α,β-unsaturated/α-hetero) is 2. The highest BCUT2D eigenvalue weighted by molar-refractivity contribution is 6.70. The van der Waals surface area contributed by atoms with Gasteiger partial charge in [-0.1, -0.05) is 34.1 Å². The van der Waals surface area contributed by atoms with Crippen LogP contribution in [0.2, 0.25) is 39.3 Å². The van der Waals surface area contributed by atoms with Gasteiger partial charge in [0.15, 0.2) is 28.5 Å². The van der Waals surface area contributed by atoms with Crippen LogP contribution in [0.5, 0.6) is 0 Å². The molecule has 2 rings (SSSR count). The van der Waals surface area contributed by atoms with Crippen molar-refractivity contribution in [3.05, 3.63) is 0 Å². The average Bonchev–Trinajstić information content (AvgIpc) is 3.45. The van der Waals surface area contributed by atoms with Gasteiger partial charge in [0, 0.05) is 17.8 Å². The van der Waals surface area contributed by atoms with Crippen molar-refractivity contribution in [2.75, 3.05) is 0 Å². The molecule has 2 aliphatic heterocycles. The maximum Gasteiger partial charge on any atom is 0.309 e. The van der Waals surface area contributed by atoms with E-state index in [1.54, 1.807) is 0 Å². The molecule has 7 nitrogen and oxygen atoms in total. The number of ether oxygens (including phenoxy) is 2. The summed E-state index contributed by atoms with van der Waals surface area (Å²) in [5.74, 6) is -0.824. The third-order valence-electron chi connectivity index (χ3n) is 7.25. The van der Waals surface area contributed by atoms with Crippen LogP contribution in [0.4, 0.5) is 0 Å². The SMILES string of the molecule is CC(=O)[C@@H]1C[C@@H]2O[C@@H]2CCC[C@H](C)[C@H](O[Si](C)(C)C)[C@@H](C)C(=O)C(C)(C)[C@@H](O[Si](C)(C)C)CC(=O)O1. The summed E-state index contributed by atoms with van der Waals surface area (Å²) in [7, 11) is -4.05. The molecule has 0 bridgehead atoms. The lowest BCUT2D eigenvalue weighted by Crippen LogP contribution is -2.51. The molecule has 0 radical (unpaired) electrons. The third-order valence-corrected chi connectivity index (χ3v) is 9.22. The van der Waals surface area contributed by atoms with Gasteiger partial charge in [0.05, 0.1) is 30.8 Å². The standard InChI is InChI=1S/C27H50O7Si2/c1-17-13-12-14-20-22(31-20)15-21(19(3)28)32-24(29)16-23(33-35(6,7)8)27(4,5)26(30)18(2)25(17)34-36(9,10)11/h17-18,20-23,25H,12-16H2,1-11H3/t17-,18+,20+,21-,22-,23-,25-/m0/s1. The van der Waals surface area contributed by atoms with Gasteiger partial charge in [-0.25, -0.2) is 0 Å². The van der Waals surface area contributed by atoms with E-state index in [9.17, 15) is 14.4 Å². The molecule has 0 aliphatic carbocycles. The van der Waals surface area contributed by atoms with E-state index in [-0.39, 0.29) is 48.1 Å². The van der Waals surface area contributed by atoms with Gasteiger partial charge in [0.2, 0.25) is 0 Å². The van der Waals surface area contributed by atoms with Crippen LogP contribution in [-0.2, 0) is 32.7 Å². The van der Waals surface area contributed by atoms with Gasteiger partial charge in [0.1, 0.15) is 5.78 Å². The fourth-order valence-electron chi connectivity index (χ4n) is 5.20. The lowest BCUT2D eigenvalue weighted by Gasteiger charge is -2.41. The summed E-state index contributed by atoms with van der Waals surface area (Å²) in [5, 5.41) is 0. The Morgan fingerprint density at radius 2 is 1.53 bits per heavy atom. The first-order chi connectivity index (χ1) is 16.3. The molecule has 9 heteroatoms. The zero-order valence-corrected chi connectivity index (χ0v) is 26.4. The zero-order valence-electron chi connectivity index (χ0n) is 24.4. The van der Waals surface area contributed by atoms with E-state index in [1.807, 2.05) is 40.4 Å². The average molecular weight is 543 g/mol. The lowest BCUT2D eigenvalue weighted by atomic mass is 9.73. The van der Waals surface area contributed by atoms with Crippen molar-refractivity contribution in [3.8, 4) is 0 Å². The van der Waals surface area contributed by atoms with Crippen LogP contribution in [0.1, 0.15) is 66.7 Å². The number of rotatable bonds is 5. The van der Waals surface area contributed by atoms with Crippen LogP contribution < -0.4 is 0 Å². The summed E-state index contributed by atoms with van der Waals surface area (Å²) in [6.07, 6.45) is 1.40. The molecular formula is C27H50O7Si2. The smallest absolute Gasteiger partial charge is 0.309 e. The van der Waals surface area contributed by atoms with Crippen molar-refractivity contribution in [2.24, 2.45) is 17.3 Å². The fraction of sp³-hybridized carbons (Fsp3) is 0.889. The quantitative estimate of drug-likeness (QED) is 0.256. The van der Waals surface area contributed by atoms with Crippen molar-refractivity contribution >= 4 is 34.2 Å². The van der Waals surface area contributed by atoms with Crippen LogP contribution >= 0.6 is 0 Å². The number of epoxide rings is 1. The number of hydrogen-bond acceptors (Lipinski definition) is 7. The Balaban J connectivity index is 2.43. The highest BCUT2D eigenvalue weighted by Crippen LogP contribution is 2.38. The molecule has 0 aromatic heterocycles. The first-order valence-electron chi connectivity index (χ1n) is 13.6. The Morgan fingerprint density at radius 3 is 2.06 bits per heavy atom. The van der Waals surface area contributed by atoms with E-state index >= 15 is 0 Å². The minimum Gasteiger partial charge on any atom is -0.454 e. The molecule has 0 amide bonds. The topological polar surface area (TPSA) is 91.4 Å². The zero-order chi connectivity index (χ0) is 27.6. The minimum atomic E-state index is -2.12. The number of esters is 1. The molecule has 0 N–H and O–H groups in total. The van der Waals surface area contributed by atoms with Crippen LogP contribution in [0, 0.1) is 17.3 Å². The molecule has 2 fully saturated rings. The van der Waals surface area contributed by atoms with Gasteiger partial charge in [-0.2, -0.15) is 0 Å². The summed E-state index contributed by atoms with van der Waals surface area (Å²) in [4.78, 5) is 39.4. The summed E-state index contributed by atoms with van der Waals surface area (Å²) >= 11 is 0. The second-order valence-corrected chi connectivity index (χ2v) is 22.4. The van der Waals surface area contributed by atoms with Gasteiger partial charge in [-0.3, -0.25) is 14.4 Å². The highest BCUT2D eigenvalue weighted by atomic mass is 28.4. The molecule has 0 saturated carbocycles. The van der Waals surface area contributed by atoms with E-state index in [4.69, 9.17) is 18.3 Å². The van der Waals surface area contributed by atoms with Crippen molar-refractivity contribution in [3.63, 3.8) is 0 Å². The number of hydrogen-bond donors (Lipinski definition) is 0. The number of cyclic esters (lactones) is 1. The molecule has 0 aromatic carbocycles.